The fourth-order valence-corrected chi connectivity index (χ4v) is 6.36. The summed E-state index contributed by atoms with van der Waals surface area (Å²) in [6.07, 6.45) is 1.34. The van der Waals surface area contributed by atoms with E-state index in [1.54, 1.807) is 73.9 Å². The van der Waals surface area contributed by atoms with Crippen molar-refractivity contribution in [2.45, 2.75) is 32.9 Å². The number of thiazole rings is 1. The van der Waals surface area contributed by atoms with Gasteiger partial charge in [0.25, 0.3) is 11.5 Å². The molecular weight excluding hydrogens is 610 g/mol. The second-order valence-electron chi connectivity index (χ2n) is 10.7. The van der Waals surface area contributed by atoms with Crippen molar-refractivity contribution < 1.29 is 18.7 Å². The molecule has 0 unspecified atom stereocenters. The number of halogens is 1. The smallest absolute Gasteiger partial charge is 0.339 e. The Kier molecular flexibility index (Phi) is 8.38. The Hall–Kier alpha value is -4.99. The zero-order chi connectivity index (χ0) is 31.7. The average Bonchev–Trinajstić information content (AvgIpc) is 3.61. The molecule has 45 heavy (non-hydrogen) atoms. The van der Waals surface area contributed by atoms with Crippen molar-refractivity contribution in [3.8, 4) is 11.3 Å². The quantitative estimate of drug-likeness (QED) is 0.210. The highest BCUT2D eigenvalue weighted by Gasteiger charge is 2.32. The minimum Gasteiger partial charge on any atom is -0.459 e. The largest absolute Gasteiger partial charge is 0.459 e. The van der Waals surface area contributed by atoms with Crippen molar-refractivity contribution in [1.82, 2.24) is 4.57 Å². The molecular formula is C35H28ClN3O5S. The third-order valence-corrected chi connectivity index (χ3v) is 8.34. The number of ether oxygens (including phenoxy) is 1. The molecule has 1 atom stereocenters. The minimum atomic E-state index is -0.693. The van der Waals surface area contributed by atoms with E-state index >= 15 is 0 Å². The van der Waals surface area contributed by atoms with E-state index in [1.165, 1.54) is 11.3 Å². The molecule has 3 aromatic carbocycles. The van der Waals surface area contributed by atoms with Crippen LogP contribution in [0.25, 0.3) is 17.4 Å². The number of rotatable bonds is 7. The molecule has 0 fully saturated rings. The highest BCUT2D eigenvalue weighted by molar-refractivity contribution is 7.07. The van der Waals surface area contributed by atoms with E-state index in [-0.39, 0.29) is 17.6 Å². The Labute approximate surface area is 267 Å². The van der Waals surface area contributed by atoms with Gasteiger partial charge >= 0.3 is 5.97 Å². The summed E-state index contributed by atoms with van der Waals surface area (Å²) in [5.74, 6) is -0.0431. The third-order valence-electron chi connectivity index (χ3n) is 7.12. The van der Waals surface area contributed by atoms with Gasteiger partial charge in [0.05, 0.1) is 33.5 Å². The maximum atomic E-state index is 14.0. The summed E-state index contributed by atoms with van der Waals surface area (Å²) in [6, 6.07) is 26.2. The lowest BCUT2D eigenvalue weighted by molar-refractivity contribution is -0.113. The van der Waals surface area contributed by atoms with Crippen molar-refractivity contribution in [2.75, 3.05) is 5.32 Å². The standard InChI is InChI=1S/C35H28ClN3O5S/c1-20(2)43-34(42)26-16-14-23(36)18-27(26)28-17-15-25(44-28)19-29-33(41)39-31(22-10-6-4-7-11-22)30(21(3)37-35(39)45-29)32(40)38-24-12-8-5-9-13-24/h4-20,31H,1-3H3,(H,38,40)/b29-19+/t31-/m1/s1. The number of benzene rings is 3. The van der Waals surface area contributed by atoms with Crippen LogP contribution in [0.5, 0.6) is 0 Å². The van der Waals surface area contributed by atoms with Crippen LogP contribution < -0.4 is 20.2 Å². The van der Waals surface area contributed by atoms with Crippen LogP contribution in [0.2, 0.25) is 5.02 Å². The topological polar surface area (TPSA) is 103 Å². The van der Waals surface area contributed by atoms with Crippen LogP contribution in [0.3, 0.4) is 0 Å². The summed E-state index contributed by atoms with van der Waals surface area (Å²) in [6.45, 7) is 5.33. The first-order chi connectivity index (χ1) is 21.7. The van der Waals surface area contributed by atoms with Gasteiger partial charge in [0.15, 0.2) is 4.80 Å². The number of carbonyl (C=O) groups is 2. The Balaban J connectivity index is 1.41. The van der Waals surface area contributed by atoms with Gasteiger partial charge in [-0.05, 0) is 68.8 Å². The summed E-state index contributed by atoms with van der Waals surface area (Å²) in [5, 5.41) is 3.38. The normalized spacial score (nSPS) is 14.7. The van der Waals surface area contributed by atoms with Gasteiger partial charge in [0, 0.05) is 22.3 Å². The molecule has 0 aliphatic carbocycles. The summed E-state index contributed by atoms with van der Waals surface area (Å²) in [7, 11) is 0. The average molecular weight is 638 g/mol. The number of furan rings is 1. The molecule has 1 amide bonds. The molecule has 1 N–H and O–H groups in total. The molecule has 226 valence electrons. The Morgan fingerprint density at radius 3 is 2.44 bits per heavy atom. The van der Waals surface area contributed by atoms with E-state index in [0.717, 1.165) is 5.56 Å². The number of para-hydroxylation sites is 1. The van der Waals surface area contributed by atoms with Crippen molar-refractivity contribution in [3.05, 3.63) is 144 Å². The molecule has 5 aromatic rings. The number of nitrogens with one attached hydrogen (secondary N) is 1. The van der Waals surface area contributed by atoms with Gasteiger partial charge in [0.2, 0.25) is 0 Å². The van der Waals surface area contributed by atoms with E-state index in [4.69, 9.17) is 20.8 Å². The van der Waals surface area contributed by atoms with Gasteiger partial charge in [-0.15, -0.1) is 0 Å². The summed E-state index contributed by atoms with van der Waals surface area (Å²) >= 11 is 7.47. The lowest BCUT2D eigenvalue weighted by Crippen LogP contribution is -2.40. The van der Waals surface area contributed by atoms with Crippen LogP contribution in [-0.4, -0.2) is 22.5 Å². The van der Waals surface area contributed by atoms with Crippen LogP contribution in [0.1, 0.15) is 48.5 Å². The Morgan fingerprint density at radius 2 is 1.73 bits per heavy atom. The van der Waals surface area contributed by atoms with Crippen molar-refractivity contribution in [3.63, 3.8) is 0 Å². The maximum absolute atomic E-state index is 14.0. The summed E-state index contributed by atoms with van der Waals surface area (Å²) in [4.78, 5) is 45.6. The van der Waals surface area contributed by atoms with Crippen molar-refractivity contribution in [1.29, 1.82) is 0 Å². The number of allylic oxidation sites excluding steroid dienone is 1. The van der Waals surface area contributed by atoms with Crippen LogP contribution in [0.4, 0.5) is 5.69 Å². The van der Waals surface area contributed by atoms with E-state index in [1.807, 2.05) is 48.5 Å². The maximum Gasteiger partial charge on any atom is 0.339 e. The molecule has 1 aliphatic heterocycles. The van der Waals surface area contributed by atoms with Crippen molar-refractivity contribution >= 4 is 46.6 Å². The SMILES string of the molecule is CC1=C(C(=O)Nc2ccccc2)[C@@H](c2ccccc2)n2c(s/c(=C/c3ccc(-c4cc(Cl)ccc4C(=O)OC(C)C)o3)c2=O)=N1. The minimum absolute atomic E-state index is 0.299. The molecule has 8 nitrogen and oxygen atoms in total. The van der Waals surface area contributed by atoms with Crippen molar-refractivity contribution in [2.24, 2.45) is 4.99 Å². The van der Waals surface area contributed by atoms with Crippen LogP contribution in [-0.2, 0) is 9.53 Å². The number of hydrogen-bond acceptors (Lipinski definition) is 7. The molecule has 0 saturated heterocycles. The number of hydrogen-bond donors (Lipinski definition) is 1. The molecule has 0 saturated carbocycles. The van der Waals surface area contributed by atoms with Crippen LogP contribution in [0.15, 0.2) is 116 Å². The molecule has 3 heterocycles. The zero-order valence-corrected chi connectivity index (χ0v) is 26.2. The zero-order valence-electron chi connectivity index (χ0n) is 24.6. The van der Waals surface area contributed by atoms with E-state index in [9.17, 15) is 14.4 Å². The number of fused-ring (bicyclic) bond motifs is 1. The first-order valence-electron chi connectivity index (χ1n) is 14.2. The fraction of sp³-hybridized carbons (Fsp3) is 0.143. The molecule has 0 bridgehead atoms. The number of nitrogens with zero attached hydrogens (tertiary/aromatic N) is 2. The Bertz CT molecular complexity index is 2130. The predicted molar refractivity (Wildman–Crippen MR) is 175 cm³/mol. The monoisotopic (exact) mass is 637 g/mol. The number of carbonyl (C=O) groups excluding carboxylic acids is 2. The summed E-state index contributed by atoms with van der Waals surface area (Å²) < 4.78 is 13.4. The van der Waals surface area contributed by atoms with Gasteiger partial charge < -0.3 is 14.5 Å². The lowest BCUT2D eigenvalue weighted by Gasteiger charge is -2.25. The summed E-state index contributed by atoms with van der Waals surface area (Å²) in [5.41, 5.74) is 2.79. The highest BCUT2D eigenvalue weighted by atomic mass is 35.5. The molecule has 0 radical (unpaired) electrons. The van der Waals surface area contributed by atoms with Crippen LogP contribution in [0, 0.1) is 0 Å². The second-order valence-corrected chi connectivity index (χ2v) is 12.1. The van der Waals surface area contributed by atoms with E-state index < -0.39 is 12.0 Å². The molecule has 2 aromatic heterocycles. The second kappa shape index (κ2) is 12.6. The predicted octanol–water partition coefficient (Wildman–Crippen LogP) is 6.35. The lowest BCUT2D eigenvalue weighted by atomic mass is 9.95. The molecule has 1 aliphatic rings. The molecule has 6 rings (SSSR count). The first kappa shape index (κ1) is 30.1. The fourth-order valence-electron chi connectivity index (χ4n) is 5.16. The van der Waals surface area contributed by atoms with E-state index in [0.29, 0.717) is 54.0 Å². The van der Waals surface area contributed by atoms with Gasteiger partial charge in [0.1, 0.15) is 11.5 Å². The Morgan fingerprint density at radius 1 is 1.02 bits per heavy atom. The van der Waals surface area contributed by atoms with E-state index in [2.05, 4.69) is 10.3 Å². The number of aromatic nitrogens is 1. The number of esters is 1. The highest BCUT2D eigenvalue weighted by Crippen LogP contribution is 2.32. The van der Waals surface area contributed by atoms with Gasteiger partial charge in [-0.25, -0.2) is 9.79 Å². The van der Waals surface area contributed by atoms with Gasteiger partial charge in [-0.1, -0.05) is 71.5 Å². The number of anilines is 1. The first-order valence-corrected chi connectivity index (χ1v) is 15.4. The van der Waals surface area contributed by atoms with Crippen LogP contribution >= 0.6 is 22.9 Å². The van der Waals surface area contributed by atoms with Gasteiger partial charge in [-0.2, -0.15) is 0 Å². The number of amides is 1. The third kappa shape index (κ3) is 6.18. The molecule has 0 spiro atoms. The molecule has 10 heteroatoms. The van der Waals surface area contributed by atoms with Gasteiger partial charge in [-0.3, -0.25) is 14.2 Å².